The number of amides is 1. The van der Waals surface area contributed by atoms with Gasteiger partial charge in [0.05, 0.1) is 12.2 Å². The van der Waals surface area contributed by atoms with E-state index in [0.717, 1.165) is 29.0 Å². The predicted molar refractivity (Wildman–Crippen MR) is 103 cm³/mol. The summed E-state index contributed by atoms with van der Waals surface area (Å²) in [4.78, 5) is 12.1. The molecule has 3 N–H and O–H groups in total. The molecule has 25 heavy (non-hydrogen) atoms. The molecule has 2 aromatic rings. The first-order valence-corrected chi connectivity index (χ1v) is 8.44. The van der Waals surface area contributed by atoms with Crippen LogP contribution in [-0.4, -0.2) is 25.7 Å². The predicted octanol–water partition coefficient (Wildman–Crippen LogP) is 3.93. The zero-order chi connectivity index (χ0) is 17.6. The number of carbonyl (C=O) groups is 1. The van der Waals surface area contributed by atoms with Gasteiger partial charge < -0.3 is 20.7 Å². The molecule has 130 valence electrons. The van der Waals surface area contributed by atoms with Gasteiger partial charge in [-0.1, -0.05) is 25.1 Å². The Hall–Kier alpha value is -2.79. The number of rotatable bonds is 7. The minimum Gasteiger partial charge on any atom is -0.383 e. The van der Waals surface area contributed by atoms with E-state index < -0.39 is 0 Å². The third kappa shape index (κ3) is 4.00. The van der Waals surface area contributed by atoms with Gasteiger partial charge in [0, 0.05) is 42.0 Å². The molecule has 1 aliphatic rings. The van der Waals surface area contributed by atoms with E-state index in [9.17, 15) is 4.79 Å². The van der Waals surface area contributed by atoms with Crippen LogP contribution in [-0.2, 0) is 9.53 Å². The monoisotopic (exact) mass is 337 g/mol. The largest absolute Gasteiger partial charge is 0.383 e. The third-order valence-corrected chi connectivity index (χ3v) is 4.21. The molecule has 1 heterocycles. The molecule has 5 nitrogen and oxygen atoms in total. The summed E-state index contributed by atoms with van der Waals surface area (Å²) in [6.07, 6.45) is 2.75. The van der Waals surface area contributed by atoms with E-state index in [0.29, 0.717) is 18.2 Å². The van der Waals surface area contributed by atoms with Crippen molar-refractivity contribution in [3.63, 3.8) is 0 Å². The Labute approximate surface area is 148 Å². The molecule has 0 radical (unpaired) electrons. The van der Waals surface area contributed by atoms with Gasteiger partial charge in [-0.15, -0.1) is 0 Å². The van der Waals surface area contributed by atoms with Crippen molar-refractivity contribution in [2.45, 2.75) is 19.4 Å². The zero-order valence-corrected chi connectivity index (χ0v) is 14.5. The molecule has 1 aliphatic heterocycles. The maximum absolute atomic E-state index is 12.1. The second kappa shape index (κ2) is 7.85. The maximum Gasteiger partial charge on any atom is 0.257 e. The summed E-state index contributed by atoms with van der Waals surface area (Å²) >= 11 is 0. The molecule has 5 heteroatoms. The number of anilines is 3. The Bertz CT molecular complexity index is 769. The van der Waals surface area contributed by atoms with E-state index in [-0.39, 0.29) is 5.91 Å². The van der Waals surface area contributed by atoms with Crippen molar-refractivity contribution in [1.82, 2.24) is 0 Å². The molecule has 0 bridgehead atoms. The molecule has 1 amide bonds. The van der Waals surface area contributed by atoms with Gasteiger partial charge in [-0.05, 0) is 36.8 Å². The summed E-state index contributed by atoms with van der Waals surface area (Å²) < 4.78 is 5.20. The highest BCUT2D eigenvalue weighted by Gasteiger charge is 2.23. The Balaban J connectivity index is 1.67. The van der Waals surface area contributed by atoms with E-state index in [2.05, 4.69) is 22.9 Å². The molecule has 3 rings (SSSR count). The molecule has 0 aromatic heterocycles. The number of hydrogen-bond donors (Lipinski definition) is 3. The van der Waals surface area contributed by atoms with E-state index in [1.54, 1.807) is 13.3 Å². The average molecular weight is 337 g/mol. The van der Waals surface area contributed by atoms with Crippen molar-refractivity contribution in [3.05, 3.63) is 60.3 Å². The number of para-hydroxylation sites is 1. The van der Waals surface area contributed by atoms with Crippen molar-refractivity contribution in [2.75, 3.05) is 29.7 Å². The van der Waals surface area contributed by atoms with Crippen molar-refractivity contribution in [3.8, 4) is 0 Å². The average Bonchev–Trinajstić information content (AvgIpc) is 2.96. The Morgan fingerprint density at radius 3 is 2.56 bits per heavy atom. The second-order valence-electron chi connectivity index (χ2n) is 5.98. The van der Waals surface area contributed by atoms with Crippen LogP contribution in [0, 0.1) is 0 Å². The van der Waals surface area contributed by atoms with Gasteiger partial charge in [0.15, 0.2) is 0 Å². The number of methoxy groups -OCH3 is 1. The summed E-state index contributed by atoms with van der Waals surface area (Å²) in [5, 5.41) is 9.51. The standard InChI is InChI=1S/C20H23N3O2/c1-3-14(13-25-2)22-16-10-8-15(9-11-16)21-12-18-17-6-4-5-7-19(17)23-20(18)24/h4-12,14,21-22H,3,13H2,1-2H3,(H,23,24). The summed E-state index contributed by atoms with van der Waals surface area (Å²) in [5.41, 5.74) is 4.39. The molecule has 2 aromatic carbocycles. The Kier molecular flexibility index (Phi) is 5.36. The zero-order valence-electron chi connectivity index (χ0n) is 14.5. The van der Waals surface area contributed by atoms with E-state index in [1.807, 2.05) is 48.5 Å². The van der Waals surface area contributed by atoms with Crippen LogP contribution in [0.3, 0.4) is 0 Å². The van der Waals surface area contributed by atoms with Crippen LogP contribution in [0.2, 0.25) is 0 Å². The highest BCUT2D eigenvalue weighted by molar-refractivity contribution is 6.31. The van der Waals surface area contributed by atoms with Crippen molar-refractivity contribution in [2.24, 2.45) is 0 Å². The first-order valence-electron chi connectivity index (χ1n) is 8.44. The Morgan fingerprint density at radius 1 is 1.12 bits per heavy atom. The normalized spacial score (nSPS) is 15.6. The maximum atomic E-state index is 12.1. The summed E-state index contributed by atoms with van der Waals surface area (Å²) in [6.45, 7) is 2.81. The lowest BCUT2D eigenvalue weighted by Crippen LogP contribution is -2.23. The summed E-state index contributed by atoms with van der Waals surface area (Å²) in [5.74, 6) is -0.0858. The van der Waals surface area contributed by atoms with Gasteiger partial charge >= 0.3 is 0 Å². The smallest absolute Gasteiger partial charge is 0.257 e. The molecular weight excluding hydrogens is 314 g/mol. The SMILES string of the molecule is CCC(COC)Nc1ccc(NC=C2C(=O)Nc3ccccc32)cc1. The van der Waals surface area contributed by atoms with Gasteiger partial charge in [0.25, 0.3) is 5.91 Å². The topological polar surface area (TPSA) is 62.4 Å². The first kappa shape index (κ1) is 17.0. The van der Waals surface area contributed by atoms with E-state index in [4.69, 9.17) is 4.74 Å². The number of fused-ring (bicyclic) bond motifs is 1. The number of benzene rings is 2. The molecule has 0 spiro atoms. The van der Waals surface area contributed by atoms with Crippen molar-refractivity contribution in [1.29, 1.82) is 0 Å². The fourth-order valence-electron chi connectivity index (χ4n) is 2.80. The number of carbonyl (C=O) groups excluding carboxylic acids is 1. The van der Waals surface area contributed by atoms with Crippen LogP contribution in [0.5, 0.6) is 0 Å². The highest BCUT2D eigenvalue weighted by atomic mass is 16.5. The van der Waals surface area contributed by atoms with E-state index in [1.165, 1.54) is 0 Å². The van der Waals surface area contributed by atoms with Gasteiger partial charge in [-0.2, -0.15) is 0 Å². The molecular formula is C20H23N3O2. The van der Waals surface area contributed by atoms with Crippen LogP contribution in [0.4, 0.5) is 17.1 Å². The van der Waals surface area contributed by atoms with Gasteiger partial charge in [-0.25, -0.2) is 0 Å². The van der Waals surface area contributed by atoms with Crippen LogP contribution in [0.1, 0.15) is 18.9 Å². The number of nitrogens with one attached hydrogen (secondary N) is 3. The van der Waals surface area contributed by atoms with Crippen LogP contribution in [0.25, 0.3) is 5.57 Å². The lowest BCUT2D eigenvalue weighted by atomic mass is 10.1. The Morgan fingerprint density at radius 2 is 1.84 bits per heavy atom. The minimum absolute atomic E-state index is 0.0858. The van der Waals surface area contributed by atoms with Gasteiger partial charge in [-0.3, -0.25) is 4.79 Å². The molecule has 1 atom stereocenters. The first-order chi connectivity index (χ1) is 12.2. The van der Waals surface area contributed by atoms with Crippen LogP contribution in [0.15, 0.2) is 54.7 Å². The van der Waals surface area contributed by atoms with E-state index >= 15 is 0 Å². The lowest BCUT2D eigenvalue weighted by molar-refractivity contribution is -0.110. The quantitative estimate of drug-likeness (QED) is 0.670. The van der Waals surface area contributed by atoms with Crippen molar-refractivity contribution < 1.29 is 9.53 Å². The number of hydrogen-bond acceptors (Lipinski definition) is 4. The molecule has 0 fully saturated rings. The van der Waals surface area contributed by atoms with Gasteiger partial charge in [0.2, 0.25) is 0 Å². The minimum atomic E-state index is -0.0858. The van der Waals surface area contributed by atoms with Crippen LogP contribution < -0.4 is 16.0 Å². The second-order valence-corrected chi connectivity index (χ2v) is 5.98. The summed E-state index contributed by atoms with van der Waals surface area (Å²) in [6, 6.07) is 16.0. The number of ether oxygens (including phenoxy) is 1. The molecule has 0 saturated heterocycles. The molecule has 1 unspecified atom stereocenters. The van der Waals surface area contributed by atoms with Gasteiger partial charge in [0.1, 0.15) is 0 Å². The molecule has 0 saturated carbocycles. The fourth-order valence-corrected chi connectivity index (χ4v) is 2.80. The van der Waals surface area contributed by atoms with Crippen molar-refractivity contribution >= 4 is 28.5 Å². The lowest BCUT2D eigenvalue weighted by Gasteiger charge is -2.17. The fraction of sp³-hybridized carbons (Fsp3) is 0.250. The molecule has 0 aliphatic carbocycles. The summed E-state index contributed by atoms with van der Waals surface area (Å²) in [7, 11) is 1.71. The highest BCUT2D eigenvalue weighted by Crippen LogP contribution is 2.31. The van der Waals surface area contributed by atoms with Crippen LogP contribution >= 0.6 is 0 Å². The third-order valence-electron chi connectivity index (χ3n) is 4.21.